The maximum atomic E-state index is 11.6. The van der Waals surface area contributed by atoms with Crippen LogP contribution in [0.3, 0.4) is 0 Å². The van der Waals surface area contributed by atoms with Crippen LogP contribution < -0.4 is 0 Å². The Balaban J connectivity index is 2.20. The van der Waals surface area contributed by atoms with Gasteiger partial charge in [0.1, 0.15) is 24.4 Å². The fraction of sp³-hybridized carbons (Fsp3) is 0.500. The molecular weight excluding hydrogens is 324 g/mol. The maximum absolute atomic E-state index is 11.6. The van der Waals surface area contributed by atoms with E-state index in [1.165, 1.54) is 6.08 Å². The molecule has 5 nitrogen and oxygen atoms in total. The first-order valence-corrected chi connectivity index (χ1v) is 11.6. The number of hydrogen-bond donors (Lipinski definition) is 1. The molecule has 2 rings (SSSR count). The predicted octanol–water partition coefficient (Wildman–Crippen LogP) is 2.83. The molecule has 0 bridgehead atoms. The standard InChI is InChI=1S/C18H26O5Si/c1-5-21-15(19)12-11-14-18(23-24(2,3)4)16(20)17(22-14)13-9-7-6-8-10-13/h6-12,14,16-18,20H,5H2,1-4H3/b12-11+/t14-,16+,17+,18+/m1/s1. The summed E-state index contributed by atoms with van der Waals surface area (Å²) in [7, 11) is -1.90. The highest BCUT2D eigenvalue weighted by atomic mass is 28.4. The monoisotopic (exact) mass is 350 g/mol. The molecule has 6 heteroatoms. The van der Waals surface area contributed by atoms with Crippen LogP contribution in [-0.4, -0.2) is 44.3 Å². The fourth-order valence-electron chi connectivity index (χ4n) is 2.68. The molecule has 0 aromatic heterocycles. The van der Waals surface area contributed by atoms with E-state index in [9.17, 15) is 9.90 Å². The van der Waals surface area contributed by atoms with Gasteiger partial charge in [-0.3, -0.25) is 0 Å². The second-order valence-electron chi connectivity index (χ2n) is 6.73. The average Bonchev–Trinajstić information content (AvgIpc) is 2.82. The van der Waals surface area contributed by atoms with Crippen molar-refractivity contribution in [2.45, 2.75) is 51.0 Å². The molecule has 0 amide bonds. The Hall–Kier alpha value is -1.47. The highest BCUT2D eigenvalue weighted by Crippen LogP contribution is 2.36. The minimum Gasteiger partial charge on any atom is -0.463 e. The first-order chi connectivity index (χ1) is 11.3. The molecular formula is C18H26O5Si. The molecule has 1 aromatic carbocycles. The highest BCUT2D eigenvalue weighted by Gasteiger charge is 2.45. The van der Waals surface area contributed by atoms with Crippen LogP contribution in [0.5, 0.6) is 0 Å². The summed E-state index contributed by atoms with van der Waals surface area (Å²) in [6.07, 6.45) is 0.679. The van der Waals surface area contributed by atoms with Crippen LogP contribution in [0.25, 0.3) is 0 Å². The Morgan fingerprint density at radius 3 is 2.54 bits per heavy atom. The summed E-state index contributed by atoms with van der Waals surface area (Å²) in [5, 5.41) is 10.7. The summed E-state index contributed by atoms with van der Waals surface area (Å²) < 4.78 is 17.0. The topological polar surface area (TPSA) is 65.0 Å². The zero-order valence-corrected chi connectivity index (χ0v) is 15.6. The summed E-state index contributed by atoms with van der Waals surface area (Å²) in [5.41, 5.74) is 0.890. The third-order valence-electron chi connectivity index (χ3n) is 3.60. The number of carbonyl (C=O) groups is 1. The van der Waals surface area contributed by atoms with Crippen molar-refractivity contribution in [1.29, 1.82) is 0 Å². The Labute approximate surface area is 144 Å². The summed E-state index contributed by atoms with van der Waals surface area (Å²) in [5.74, 6) is -0.425. The number of hydrogen-bond acceptors (Lipinski definition) is 5. The van der Waals surface area contributed by atoms with E-state index in [0.29, 0.717) is 6.61 Å². The Morgan fingerprint density at radius 1 is 1.29 bits per heavy atom. The van der Waals surface area contributed by atoms with E-state index in [-0.39, 0.29) is 0 Å². The zero-order chi connectivity index (χ0) is 17.7. The summed E-state index contributed by atoms with van der Waals surface area (Å²) in [6.45, 7) is 8.24. The van der Waals surface area contributed by atoms with E-state index >= 15 is 0 Å². The molecule has 24 heavy (non-hydrogen) atoms. The normalized spacial score (nSPS) is 27.5. The molecule has 0 spiro atoms. The molecule has 1 fully saturated rings. The van der Waals surface area contributed by atoms with Gasteiger partial charge in [0.15, 0.2) is 8.32 Å². The first-order valence-electron chi connectivity index (χ1n) is 8.23. The fourth-order valence-corrected chi connectivity index (χ4v) is 3.77. The van der Waals surface area contributed by atoms with Crippen LogP contribution >= 0.6 is 0 Å². The van der Waals surface area contributed by atoms with Crippen molar-refractivity contribution in [3.05, 3.63) is 48.0 Å². The quantitative estimate of drug-likeness (QED) is 0.485. The van der Waals surface area contributed by atoms with E-state index in [2.05, 4.69) is 19.6 Å². The van der Waals surface area contributed by atoms with Crippen LogP contribution in [0.2, 0.25) is 19.6 Å². The third-order valence-corrected chi connectivity index (χ3v) is 4.58. The average molecular weight is 350 g/mol. The van der Waals surface area contributed by atoms with E-state index in [0.717, 1.165) is 5.56 Å². The lowest BCUT2D eigenvalue weighted by atomic mass is 10.0. The number of benzene rings is 1. The van der Waals surface area contributed by atoms with Gasteiger partial charge in [0, 0.05) is 6.08 Å². The van der Waals surface area contributed by atoms with Gasteiger partial charge >= 0.3 is 5.97 Å². The molecule has 0 unspecified atom stereocenters. The Kier molecular flexibility index (Phi) is 6.34. The predicted molar refractivity (Wildman–Crippen MR) is 94.1 cm³/mol. The molecule has 132 valence electrons. The number of ether oxygens (including phenoxy) is 2. The van der Waals surface area contributed by atoms with E-state index in [1.807, 2.05) is 30.3 Å². The van der Waals surface area contributed by atoms with Crippen LogP contribution in [0.1, 0.15) is 18.6 Å². The lowest BCUT2D eigenvalue weighted by Gasteiger charge is -2.27. The second-order valence-corrected chi connectivity index (χ2v) is 11.2. The number of aliphatic hydroxyl groups excluding tert-OH is 1. The largest absolute Gasteiger partial charge is 0.463 e. The Morgan fingerprint density at radius 2 is 1.96 bits per heavy atom. The molecule has 4 atom stereocenters. The lowest BCUT2D eigenvalue weighted by molar-refractivity contribution is -0.137. The van der Waals surface area contributed by atoms with Gasteiger partial charge in [-0.15, -0.1) is 0 Å². The number of esters is 1. The van der Waals surface area contributed by atoms with Crippen molar-refractivity contribution in [2.24, 2.45) is 0 Å². The van der Waals surface area contributed by atoms with Crippen molar-refractivity contribution in [3.63, 3.8) is 0 Å². The summed E-state index contributed by atoms with van der Waals surface area (Å²) in [4.78, 5) is 11.6. The molecule has 1 aliphatic rings. The van der Waals surface area contributed by atoms with Crippen molar-refractivity contribution in [3.8, 4) is 0 Å². The van der Waals surface area contributed by atoms with E-state index < -0.39 is 38.7 Å². The summed E-state index contributed by atoms with van der Waals surface area (Å²) in [6, 6.07) is 9.55. The SMILES string of the molecule is CCOC(=O)/C=C/[C@H]1O[C@@H](c2ccccc2)[C@H](O)[C@H]1O[Si](C)(C)C. The number of carbonyl (C=O) groups excluding carboxylic acids is 1. The van der Waals surface area contributed by atoms with Gasteiger partial charge < -0.3 is 19.0 Å². The van der Waals surface area contributed by atoms with Gasteiger partial charge in [0.05, 0.1) is 6.61 Å². The van der Waals surface area contributed by atoms with Crippen LogP contribution in [0.15, 0.2) is 42.5 Å². The minimum atomic E-state index is -1.90. The molecule has 0 saturated carbocycles. The third kappa shape index (κ3) is 5.01. The van der Waals surface area contributed by atoms with Gasteiger partial charge in [0.25, 0.3) is 0 Å². The molecule has 0 aliphatic carbocycles. The van der Waals surface area contributed by atoms with Crippen LogP contribution in [0, 0.1) is 0 Å². The van der Waals surface area contributed by atoms with Crippen molar-refractivity contribution in [2.75, 3.05) is 6.61 Å². The van der Waals surface area contributed by atoms with Crippen LogP contribution in [-0.2, 0) is 18.7 Å². The minimum absolute atomic E-state index is 0.318. The number of rotatable bonds is 6. The van der Waals surface area contributed by atoms with Crippen molar-refractivity contribution >= 4 is 14.3 Å². The van der Waals surface area contributed by atoms with E-state index in [4.69, 9.17) is 13.9 Å². The lowest BCUT2D eigenvalue weighted by Crippen LogP contribution is -2.41. The van der Waals surface area contributed by atoms with Crippen LogP contribution in [0.4, 0.5) is 0 Å². The van der Waals surface area contributed by atoms with Gasteiger partial charge in [-0.2, -0.15) is 0 Å². The molecule has 1 aliphatic heterocycles. The van der Waals surface area contributed by atoms with E-state index in [1.54, 1.807) is 13.0 Å². The molecule has 1 aromatic rings. The molecule has 1 N–H and O–H groups in total. The summed E-state index contributed by atoms with van der Waals surface area (Å²) >= 11 is 0. The van der Waals surface area contributed by atoms with Crippen molar-refractivity contribution in [1.82, 2.24) is 0 Å². The van der Waals surface area contributed by atoms with Gasteiger partial charge in [-0.1, -0.05) is 30.3 Å². The van der Waals surface area contributed by atoms with Gasteiger partial charge in [-0.25, -0.2) is 4.79 Å². The maximum Gasteiger partial charge on any atom is 0.330 e. The highest BCUT2D eigenvalue weighted by molar-refractivity contribution is 6.69. The molecule has 1 saturated heterocycles. The smallest absolute Gasteiger partial charge is 0.330 e. The molecule has 1 heterocycles. The van der Waals surface area contributed by atoms with Crippen molar-refractivity contribution < 1.29 is 23.8 Å². The van der Waals surface area contributed by atoms with Gasteiger partial charge in [0.2, 0.25) is 0 Å². The Bertz CT molecular complexity index is 567. The second kappa shape index (κ2) is 8.07. The zero-order valence-electron chi connectivity index (χ0n) is 14.6. The first kappa shape index (κ1) is 18.9. The number of aliphatic hydroxyl groups is 1. The molecule has 0 radical (unpaired) electrons. The van der Waals surface area contributed by atoms with Gasteiger partial charge in [-0.05, 0) is 38.2 Å².